The summed E-state index contributed by atoms with van der Waals surface area (Å²) >= 11 is 3.38. The van der Waals surface area contributed by atoms with Crippen molar-refractivity contribution in [3.63, 3.8) is 0 Å². The van der Waals surface area contributed by atoms with Crippen LogP contribution in [-0.2, 0) is 9.53 Å². The maximum Gasteiger partial charge on any atom is 0.428 e. The number of hydrogen-bond acceptors (Lipinski definition) is 6. The van der Waals surface area contributed by atoms with Crippen LogP contribution >= 0.6 is 15.9 Å². The first-order chi connectivity index (χ1) is 12.0. The van der Waals surface area contributed by atoms with Crippen molar-refractivity contribution in [2.24, 2.45) is 5.10 Å². The molecule has 0 unspecified atom stereocenters. The zero-order valence-electron chi connectivity index (χ0n) is 15.8. The van der Waals surface area contributed by atoms with Gasteiger partial charge in [-0.25, -0.2) is 10.2 Å². The third kappa shape index (κ3) is 7.30. The van der Waals surface area contributed by atoms with E-state index in [9.17, 15) is 9.59 Å². The number of halogens is 1. The van der Waals surface area contributed by atoms with Gasteiger partial charge < -0.3 is 19.1 Å². The summed E-state index contributed by atoms with van der Waals surface area (Å²) in [6.45, 7) is 5.17. The lowest BCUT2D eigenvalue weighted by Gasteiger charge is -2.18. The van der Waals surface area contributed by atoms with E-state index in [2.05, 4.69) is 26.5 Å². The highest BCUT2D eigenvalue weighted by Crippen LogP contribution is 2.36. The maximum atomic E-state index is 11.7. The van der Waals surface area contributed by atoms with Crippen molar-refractivity contribution in [3.05, 3.63) is 22.2 Å². The molecule has 144 valence electrons. The first-order valence-electron chi connectivity index (χ1n) is 7.76. The Balaban J connectivity index is 2.83. The molecular formula is C17H24BrN3O5. The number of methoxy groups -OCH3 is 1. The predicted molar refractivity (Wildman–Crippen MR) is 102 cm³/mol. The van der Waals surface area contributed by atoms with Crippen LogP contribution in [0.15, 0.2) is 21.7 Å². The highest BCUT2D eigenvalue weighted by Gasteiger charge is 2.16. The fourth-order valence-electron chi connectivity index (χ4n) is 1.68. The first kappa shape index (κ1) is 21.8. The molecule has 0 aliphatic rings. The number of nitrogens with zero attached hydrogens (tertiary/aromatic N) is 2. The fraction of sp³-hybridized carbons (Fsp3) is 0.471. The summed E-state index contributed by atoms with van der Waals surface area (Å²) in [6, 6.07) is 3.39. The number of carbonyl (C=O) groups excluding carboxylic acids is 2. The monoisotopic (exact) mass is 429 g/mol. The highest BCUT2D eigenvalue weighted by atomic mass is 79.9. The molecule has 0 atom stereocenters. The van der Waals surface area contributed by atoms with Gasteiger partial charge in [0.05, 0.1) is 17.8 Å². The normalized spacial score (nSPS) is 11.2. The Hall–Kier alpha value is -2.29. The van der Waals surface area contributed by atoms with Crippen LogP contribution in [0.25, 0.3) is 0 Å². The molecule has 2 amide bonds. The van der Waals surface area contributed by atoms with E-state index < -0.39 is 11.7 Å². The molecule has 0 saturated heterocycles. The lowest BCUT2D eigenvalue weighted by atomic mass is 10.2. The molecule has 0 saturated carbocycles. The number of hydrogen-bond donors (Lipinski definition) is 1. The lowest BCUT2D eigenvalue weighted by Crippen LogP contribution is -2.29. The van der Waals surface area contributed by atoms with Crippen molar-refractivity contribution in [1.29, 1.82) is 0 Å². The molecule has 0 spiro atoms. The summed E-state index contributed by atoms with van der Waals surface area (Å²) in [7, 11) is 4.78. The third-order valence-corrected chi connectivity index (χ3v) is 3.45. The van der Waals surface area contributed by atoms with Gasteiger partial charge in [-0.2, -0.15) is 5.10 Å². The maximum absolute atomic E-state index is 11.7. The van der Waals surface area contributed by atoms with Crippen molar-refractivity contribution in [3.8, 4) is 11.5 Å². The molecule has 8 nitrogen and oxygen atoms in total. The molecule has 0 heterocycles. The molecule has 0 aromatic heterocycles. The lowest BCUT2D eigenvalue weighted by molar-refractivity contribution is -0.130. The molecule has 1 aromatic carbocycles. The Labute approximate surface area is 161 Å². The molecule has 26 heavy (non-hydrogen) atoms. The first-order valence-corrected chi connectivity index (χ1v) is 8.55. The van der Waals surface area contributed by atoms with Crippen LogP contribution in [0.4, 0.5) is 4.79 Å². The fourth-order valence-corrected chi connectivity index (χ4v) is 2.25. The molecule has 1 rings (SSSR count). The second-order valence-corrected chi connectivity index (χ2v) is 7.34. The van der Waals surface area contributed by atoms with E-state index in [0.29, 0.717) is 21.5 Å². The van der Waals surface area contributed by atoms with Crippen LogP contribution in [0.2, 0.25) is 0 Å². The van der Waals surface area contributed by atoms with Crippen molar-refractivity contribution in [2.75, 3.05) is 27.8 Å². The average Bonchev–Trinajstić information content (AvgIpc) is 2.51. The van der Waals surface area contributed by atoms with Crippen molar-refractivity contribution in [1.82, 2.24) is 10.3 Å². The van der Waals surface area contributed by atoms with Gasteiger partial charge in [0, 0.05) is 14.1 Å². The second kappa shape index (κ2) is 9.42. The number of nitrogens with one attached hydrogen (secondary N) is 1. The van der Waals surface area contributed by atoms with Gasteiger partial charge in [0.1, 0.15) is 5.60 Å². The Kier molecular flexibility index (Phi) is 7.88. The van der Waals surface area contributed by atoms with Crippen LogP contribution < -0.4 is 14.9 Å². The molecule has 1 aromatic rings. The number of amides is 2. The number of rotatable bonds is 6. The third-order valence-electron chi connectivity index (χ3n) is 2.86. The van der Waals surface area contributed by atoms with E-state index in [-0.39, 0.29) is 12.5 Å². The van der Waals surface area contributed by atoms with E-state index in [1.54, 1.807) is 47.0 Å². The number of hydrazone groups is 1. The van der Waals surface area contributed by atoms with E-state index in [1.165, 1.54) is 18.2 Å². The summed E-state index contributed by atoms with van der Waals surface area (Å²) in [6.07, 6.45) is 0.785. The Morgan fingerprint density at radius 3 is 2.50 bits per heavy atom. The van der Waals surface area contributed by atoms with Gasteiger partial charge in [-0.1, -0.05) is 0 Å². The Morgan fingerprint density at radius 1 is 1.31 bits per heavy atom. The molecule has 0 bridgehead atoms. The van der Waals surface area contributed by atoms with Crippen LogP contribution in [0.5, 0.6) is 11.5 Å². The summed E-state index contributed by atoms with van der Waals surface area (Å²) in [4.78, 5) is 24.7. The average molecular weight is 430 g/mol. The number of ether oxygens (including phenoxy) is 3. The van der Waals surface area contributed by atoms with Gasteiger partial charge in [-0.05, 0) is 54.4 Å². The van der Waals surface area contributed by atoms with Gasteiger partial charge in [0.2, 0.25) is 0 Å². The summed E-state index contributed by atoms with van der Waals surface area (Å²) in [5.41, 5.74) is 2.33. The minimum absolute atomic E-state index is 0.115. The van der Waals surface area contributed by atoms with Crippen LogP contribution in [0, 0.1) is 0 Å². The highest BCUT2D eigenvalue weighted by molar-refractivity contribution is 9.10. The molecule has 0 fully saturated rings. The molecular weight excluding hydrogens is 406 g/mol. The topological polar surface area (TPSA) is 89.5 Å². The van der Waals surface area contributed by atoms with Gasteiger partial charge >= 0.3 is 6.09 Å². The van der Waals surface area contributed by atoms with E-state index >= 15 is 0 Å². The number of carbonyl (C=O) groups is 2. The molecule has 0 aliphatic carbocycles. The minimum atomic E-state index is -0.651. The van der Waals surface area contributed by atoms with E-state index in [0.717, 1.165) is 0 Å². The largest absolute Gasteiger partial charge is 0.493 e. The molecule has 9 heteroatoms. The van der Waals surface area contributed by atoms with Crippen molar-refractivity contribution in [2.45, 2.75) is 26.4 Å². The zero-order valence-corrected chi connectivity index (χ0v) is 17.3. The molecule has 1 N–H and O–H groups in total. The minimum Gasteiger partial charge on any atom is -0.493 e. The number of likely N-dealkylation sites (N-methyl/N-ethyl adjacent to an activating group) is 1. The summed E-state index contributed by atoms with van der Waals surface area (Å²) < 4.78 is 16.5. The summed E-state index contributed by atoms with van der Waals surface area (Å²) in [5, 5.41) is 3.84. The standard InChI is InChI=1S/C17H24BrN3O5/c1-17(2,3)26-16(23)20-19-9-11-7-12(18)15(13(8-11)24-6)25-10-14(22)21(4)5/h7-9H,10H2,1-6H3,(H,20,23)/b19-9+. The van der Waals surface area contributed by atoms with Gasteiger partial charge in [0.25, 0.3) is 5.91 Å². The smallest absolute Gasteiger partial charge is 0.428 e. The van der Waals surface area contributed by atoms with Gasteiger partial charge in [0.15, 0.2) is 18.1 Å². The van der Waals surface area contributed by atoms with E-state index in [1.807, 2.05) is 0 Å². The number of benzene rings is 1. The predicted octanol–water partition coefficient (Wildman–Crippen LogP) is 2.78. The molecule has 0 aliphatic heterocycles. The van der Waals surface area contributed by atoms with E-state index in [4.69, 9.17) is 14.2 Å². The van der Waals surface area contributed by atoms with Crippen molar-refractivity contribution >= 4 is 34.1 Å². The van der Waals surface area contributed by atoms with Gasteiger partial charge in [-0.15, -0.1) is 0 Å². The quantitative estimate of drug-likeness (QED) is 0.554. The van der Waals surface area contributed by atoms with Crippen LogP contribution in [0.1, 0.15) is 26.3 Å². The second-order valence-electron chi connectivity index (χ2n) is 6.48. The SMILES string of the molecule is COc1cc(/C=N/NC(=O)OC(C)(C)C)cc(Br)c1OCC(=O)N(C)C. The molecule has 0 radical (unpaired) electrons. The van der Waals surface area contributed by atoms with Crippen LogP contribution in [0.3, 0.4) is 0 Å². The summed E-state index contributed by atoms with van der Waals surface area (Å²) in [5.74, 6) is 0.649. The Morgan fingerprint density at radius 2 is 1.96 bits per heavy atom. The van der Waals surface area contributed by atoms with Crippen molar-refractivity contribution < 1.29 is 23.8 Å². The zero-order chi connectivity index (χ0) is 19.9. The van der Waals surface area contributed by atoms with Gasteiger partial charge in [-0.3, -0.25) is 4.79 Å². The Bertz CT molecular complexity index is 684. The van der Waals surface area contributed by atoms with Crippen LogP contribution in [-0.4, -0.2) is 56.5 Å².